The number of fused-ring (bicyclic) bond motifs is 3. The van der Waals surface area contributed by atoms with E-state index in [9.17, 15) is 0 Å². The van der Waals surface area contributed by atoms with E-state index in [0.717, 1.165) is 51.3 Å². The second-order valence-electron chi connectivity index (χ2n) is 8.82. The highest BCUT2D eigenvalue weighted by Crippen LogP contribution is 2.30. The van der Waals surface area contributed by atoms with Crippen molar-refractivity contribution in [2.75, 3.05) is 26.2 Å². The van der Waals surface area contributed by atoms with Crippen molar-refractivity contribution >= 4 is 71.4 Å². The summed E-state index contributed by atoms with van der Waals surface area (Å²) < 4.78 is 2.50. The molecule has 2 aromatic carbocycles. The number of halogens is 4. The molecule has 0 aliphatic heterocycles. The minimum absolute atomic E-state index is 0. The molecular weight excluding hydrogens is 546 g/mol. The minimum atomic E-state index is 0. The molecule has 37 heavy (non-hydrogen) atoms. The van der Waals surface area contributed by atoms with Gasteiger partial charge in [-0.15, -0.1) is 49.6 Å². The Labute approximate surface area is 247 Å². The Morgan fingerprint density at radius 2 is 1.49 bits per heavy atom. The predicted molar refractivity (Wildman–Crippen MR) is 170 cm³/mol. The van der Waals surface area contributed by atoms with Crippen LogP contribution in [0.25, 0.3) is 21.8 Å². The van der Waals surface area contributed by atoms with Crippen LogP contribution in [0.4, 0.5) is 0 Å². The van der Waals surface area contributed by atoms with Gasteiger partial charge in [-0.25, -0.2) is 0 Å². The van der Waals surface area contributed by atoms with Gasteiger partial charge in [0.25, 0.3) is 0 Å². The molecule has 0 fully saturated rings. The number of hydrogen-bond donors (Lipinski definition) is 1. The Kier molecular flexibility index (Phi) is 17.9. The molecule has 0 aliphatic rings. The Morgan fingerprint density at radius 1 is 0.784 bits per heavy atom. The van der Waals surface area contributed by atoms with E-state index in [1.807, 2.05) is 6.20 Å². The summed E-state index contributed by atoms with van der Waals surface area (Å²) in [4.78, 5) is 7.31. The van der Waals surface area contributed by atoms with Gasteiger partial charge in [0.05, 0.1) is 11.2 Å². The van der Waals surface area contributed by atoms with Crippen LogP contribution >= 0.6 is 49.6 Å². The molecule has 4 rings (SSSR count). The summed E-state index contributed by atoms with van der Waals surface area (Å²) in [6.07, 6.45) is 6.62. The quantitative estimate of drug-likeness (QED) is 0.162. The van der Waals surface area contributed by atoms with Gasteiger partial charge in [0.1, 0.15) is 0 Å². The van der Waals surface area contributed by atoms with Gasteiger partial charge in [-0.1, -0.05) is 62.4 Å². The third-order valence-corrected chi connectivity index (χ3v) is 6.71. The zero-order valence-corrected chi connectivity index (χ0v) is 25.2. The maximum Gasteiger partial charge on any atom is 0.0784 e. The molecule has 206 valence electrons. The lowest BCUT2D eigenvalue weighted by molar-refractivity contribution is 0.296. The fourth-order valence-electron chi connectivity index (χ4n) is 4.85. The first-order valence-electron chi connectivity index (χ1n) is 12.6. The molecule has 4 aromatic rings. The summed E-state index contributed by atoms with van der Waals surface area (Å²) >= 11 is 0. The zero-order chi connectivity index (χ0) is 22.9. The zero-order valence-electron chi connectivity index (χ0n) is 21.9. The van der Waals surface area contributed by atoms with Crippen LogP contribution in [0.2, 0.25) is 0 Å². The second-order valence-corrected chi connectivity index (χ2v) is 8.82. The van der Waals surface area contributed by atoms with E-state index >= 15 is 0 Å². The lowest BCUT2D eigenvalue weighted by atomic mass is 10.1. The molecule has 8 heteroatoms. The molecule has 0 saturated heterocycles. The maximum atomic E-state index is 4.81. The van der Waals surface area contributed by atoms with E-state index in [2.05, 4.69) is 89.3 Å². The molecular formula is C29H42Cl4N4. The number of unbranched alkanes of at least 4 members (excludes halogenated alkanes) is 1. The van der Waals surface area contributed by atoms with Crippen molar-refractivity contribution in [1.29, 1.82) is 0 Å². The van der Waals surface area contributed by atoms with Crippen LogP contribution in [0.5, 0.6) is 0 Å². The fraction of sp³-hybridized carbons (Fsp3) is 0.414. The fourth-order valence-corrected chi connectivity index (χ4v) is 4.85. The first kappa shape index (κ1) is 35.5. The minimum Gasteiger partial charge on any atom is -0.339 e. The van der Waals surface area contributed by atoms with Gasteiger partial charge in [-0.05, 0) is 69.6 Å². The molecule has 0 bridgehead atoms. The van der Waals surface area contributed by atoms with Crippen LogP contribution in [0.15, 0.2) is 66.9 Å². The molecule has 2 aromatic heterocycles. The summed E-state index contributed by atoms with van der Waals surface area (Å²) in [5.74, 6) is 0. The highest BCUT2D eigenvalue weighted by atomic mass is 35.5. The van der Waals surface area contributed by atoms with Crippen LogP contribution < -0.4 is 5.32 Å². The van der Waals surface area contributed by atoms with Crippen LogP contribution in [-0.4, -0.2) is 40.6 Å². The van der Waals surface area contributed by atoms with Crippen molar-refractivity contribution in [3.8, 4) is 0 Å². The number of para-hydroxylation sites is 1. The number of aryl methyl sites for hydroxylation is 2. The van der Waals surface area contributed by atoms with Gasteiger partial charge < -0.3 is 14.8 Å². The molecule has 2 heterocycles. The molecule has 4 nitrogen and oxygen atoms in total. The Balaban J connectivity index is 0.00000324. The van der Waals surface area contributed by atoms with Gasteiger partial charge in [-0.2, -0.15) is 0 Å². The van der Waals surface area contributed by atoms with E-state index in [1.165, 1.54) is 46.8 Å². The van der Waals surface area contributed by atoms with Crippen molar-refractivity contribution in [2.24, 2.45) is 0 Å². The summed E-state index contributed by atoms with van der Waals surface area (Å²) in [5.41, 5.74) is 5.17. The lowest BCUT2D eigenvalue weighted by Crippen LogP contribution is -2.25. The Morgan fingerprint density at radius 3 is 2.22 bits per heavy atom. The Hall–Kier alpha value is -1.53. The summed E-state index contributed by atoms with van der Waals surface area (Å²) in [6, 6.07) is 21.8. The van der Waals surface area contributed by atoms with Crippen LogP contribution in [0, 0.1) is 0 Å². The van der Waals surface area contributed by atoms with E-state index in [0.29, 0.717) is 0 Å². The van der Waals surface area contributed by atoms with E-state index in [-0.39, 0.29) is 49.6 Å². The molecule has 0 amide bonds. The third kappa shape index (κ3) is 9.31. The maximum absolute atomic E-state index is 4.81. The molecule has 0 radical (unpaired) electrons. The normalized spacial score (nSPS) is 10.5. The smallest absolute Gasteiger partial charge is 0.0784 e. The number of nitrogens with zero attached hydrogens (tertiary/aromatic N) is 3. The summed E-state index contributed by atoms with van der Waals surface area (Å²) in [5, 5.41) is 6.31. The second kappa shape index (κ2) is 18.7. The van der Waals surface area contributed by atoms with Crippen LogP contribution in [-0.2, 0) is 19.5 Å². The summed E-state index contributed by atoms with van der Waals surface area (Å²) in [6.45, 7) is 10.8. The first-order valence-corrected chi connectivity index (χ1v) is 12.6. The molecule has 1 N–H and O–H groups in total. The van der Waals surface area contributed by atoms with E-state index in [1.54, 1.807) is 0 Å². The van der Waals surface area contributed by atoms with Crippen molar-refractivity contribution in [3.05, 3.63) is 78.1 Å². The molecule has 0 aliphatic carbocycles. The predicted octanol–water partition coefficient (Wildman–Crippen LogP) is 7.72. The highest BCUT2D eigenvalue weighted by molar-refractivity contribution is 6.08. The van der Waals surface area contributed by atoms with Crippen molar-refractivity contribution in [1.82, 2.24) is 19.8 Å². The average Bonchev–Trinajstić information content (AvgIpc) is 3.19. The summed E-state index contributed by atoms with van der Waals surface area (Å²) in [7, 11) is 0. The standard InChI is InChI=1S/C29H38N4.4ClH/c1-3-32(4-2)21-11-10-19-30-23-27-29-26(18-20-31-27)25-16-8-9-17-28(25)33(29)22-12-15-24-13-6-5-7-14-24;;;;/h5-9,13-14,16-18,20,30H,3-4,10-12,15,19,21-23H2,1-2H3;4*1H. The van der Waals surface area contributed by atoms with Crippen LogP contribution in [0.3, 0.4) is 0 Å². The topological polar surface area (TPSA) is 33.1 Å². The van der Waals surface area contributed by atoms with Gasteiger partial charge in [-0.3, -0.25) is 4.98 Å². The van der Waals surface area contributed by atoms with Gasteiger partial charge in [0.2, 0.25) is 0 Å². The number of nitrogens with one attached hydrogen (secondary N) is 1. The molecule has 0 unspecified atom stereocenters. The number of benzene rings is 2. The number of hydrogen-bond acceptors (Lipinski definition) is 3. The van der Waals surface area contributed by atoms with Crippen LogP contribution in [0.1, 0.15) is 44.4 Å². The van der Waals surface area contributed by atoms with Crippen molar-refractivity contribution in [2.45, 2.75) is 52.6 Å². The van der Waals surface area contributed by atoms with Gasteiger partial charge in [0, 0.05) is 35.6 Å². The number of rotatable bonds is 13. The SMILES string of the molecule is CCN(CC)CCCCNCc1nccc2c3ccccc3n(CCCc3ccccc3)c12.Cl.Cl.Cl.Cl. The van der Waals surface area contributed by atoms with Gasteiger partial charge >= 0.3 is 0 Å². The van der Waals surface area contributed by atoms with Crippen molar-refractivity contribution < 1.29 is 0 Å². The number of pyridine rings is 1. The van der Waals surface area contributed by atoms with Crippen molar-refractivity contribution in [3.63, 3.8) is 0 Å². The lowest BCUT2D eigenvalue weighted by Gasteiger charge is -2.17. The van der Waals surface area contributed by atoms with E-state index in [4.69, 9.17) is 4.98 Å². The monoisotopic (exact) mass is 586 g/mol. The largest absolute Gasteiger partial charge is 0.339 e. The first-order chi connectivity index (χ1) is 16.3. The third-order valence-electron chi connectivity index (χ3n) is 6.71. The molecule has 0 spiro atoms. The molecule has 0 atom stereocenters. The van der Waals surface area contributed by atoms with E-state index < -0.39 is 0 Å². The van der Waals surface area contributed by atoms with Gasteiger partial charge in [0.15, 0.2) is 0 Å². The highest BCUT2D eigenvalue weighted by Gasteiger charge is 2.14. The number of aromatic nitrogens is 2. The molecule has 0 saturated carbocycles. The Bertz CT molecular complexity index is 1150. The average molecular weight is 588 g/mol.